The number of allylic oxidation sites excluding steroid dienone is 2. The molecule has 0 radical (unpaired) electrons. The van der Waals surface area contributed by atoms with E-state index in [1.54, 1.807) is 0 Å². The summed E-state index contributed by atoms with van der Waals surface area (Å²) >= 11 is 0. The number of ketones is 1. The molecule has 5 rings (SSSR count). The van der Waals surface area contributed by atoms with Crippen molar-refractivity contribution in [2.75, 3.05) is 0 Å². The lowest BCUT2D eigenvalue weighted by Crippen LogP contribution is -2.36. The van der Waals surface area contributed by atoms with Crippen molar-refractivity contribution < 1.29 is 4.79 Å². The minimum Gasteiger partial charge on any atom is -0.294 e. The number of carbonyl (C=O) groups is 1. The molecule has 1 unspecified atom stereocenters. The minimum atomic E-state index is -0.565. The first-order valence-corrected chi connectivity index (χ1v) is 9.46. The predicted molar refractivity (Wildman–Crippen MR) is 108 cm³/mol. The molecule has 2 aromatic carbocycles. The van der Waals surface area contributed by atoms with E-state index in [1.165, 1.54) is 21.5 Å². The highest BCUT2D eigenvalue weighted by molar-refractivity contribution is 6.04. The molecule has 2 aliphatic rings. The Hall–Kier alpha value is -3.21. The maximum atomic E-state index is 13.1. The summed E-state index contributed by atoms with van der Waals surface area (Å²) in [5.41, 5.74) is 1.30. The fourth-order valence-corrected chi connectivity index (χ4v) is 4.61. The molecule has 1 aliphatic carbocycles. The first kappa shape index (κ1) is 16.9. The van der Waals surface area contributed by atoms with E-state index in [0.29, 0.717) is 24.1 Å². The number of hydrogen-bond acceptors (Lipinski definition) is 3. The van der Waals surface area contributed by atoms with Crippen LogP contribution in [0.4, 0.5) is 0 Å². The number of hydrogen-bond donors (Lipinski definition) is 0. The molecule has 0 N–H and O–H groups in total. The van der Waals surface area contributed by atoms with Gasteiger partial charge in [-0.25, -0.2) is 9.36 Å². The Labute approximate surface area is 161 Å². The summed E-state index contributed by atoms with van der Waals surface area (Å²) in [6, 6.07) is 15.9. The summed E-state index contributed by atoms with van der Waals surface area (Å²) in [6.07, 6.45) is 0.995. The number of rotatable bonds is 1. The van der Waals surface area contributed by atoms with Crippen molar-refractivity contribution in [3.8, 4) is 0 Å². The van der Waals surface area contributed by atoms with Crippen LogP contribution in [-0.2, 0) is 4.79 Å². The maximum Gasteiger partial charge on any atom is 0.269 e. The van der Waals surface area contributed by atoms with Crippen LogP contribution in [0.3, 0.4) is 0 Å². The average Bonchev–Trinajstić information content (AvgIpc) is 2.99. The summed E-state index contributed by atoms with van der Waals surface area (Å²) in [4.78, 5) is 38.6. The van der Waals surface area contributed by atoms with Gasteiger partial charge < -0.3 is 0 Å². The van der Waals surface area contributed by atoms with Gasteiger partial charge in [-0.2, -0.15) is 0 Å². The van der Waals surface area contributed by atoms with Gasteiger partial charge in [0, 0.05) is 24.1 Å². The zero-order valence-corrected chi connectivity index (χ0v) is 15.8. The van der Waals surface area contributed by atoms with Crippen LogP contribution in [0.1, 0.15) is 38.3 Å². The molecule has 0 fully saturated rings. The zero-order valence-electron chi connectivity index (χ0n) is 15.8. The molecule has 140 valence electrons. The number of Topliss-reactive ketones (excluding diaryl/α,β-unsaturated/α-hetero) is 1. The van der Waals surface area contributed by atoms with Gasteiger partial charge in [0.15, 0.2) is 5.78 Å². The second-order valence-corrected chi connectivity index (χ2v) is 8.48. The van der Waals surface area contributed by atoms with Crippen molar-refractivity contribution in [2.24, 2.45) is 5.41 Å². The lowest BCUT2D eigenvalue weighted by atomic mass is 9.74. The normalized spacial score (nSPS) is 20.4. The van der Waals surface area contributed by atoms with Crippen molar-refractivity contribution >= 4 is 22.3 Å². The van der Waals surface area contributed by atoms with Crippen LogP contribution in [0.2, 0.25) is 0 Å². The quantitative estimate of drug-likeness (QED) is 0.658. The van der Waals surface area contributed by atoms with Crippen LogP contribution in [0.15, 0.2) is 69.8 Å². The summed E-state index contributed by atoms with van der Waals surface area (Å²) in [6.45, 7) is 4.04. The van der Waals surface area contributed by atoms with Gasteiger partial charge in [0.25, 0.3) is 11.1 Å². The fourth-order valence-electron chi connectivity index (χ4n) is 4.61. The van der Waals surface area contributed by atoms with Crippen LogP contribution < -0.4 is 11.1 Å². The predicted octanol–water partition coefficient (Wildman–Crippen LogP) is 3.37. The molecule has 1 aromatic heterocycles. The van der Waals surface area contributed by atoms with Crippen molar-refractivity contribution in [2.45, 2.75) is 32.7 Å². The lowest BCUT2D eigenvalue weighted by molar-refractivity contribution is -0.118. The molecular formula is C23H20N2O3. The summed E-state index contributed by atoms with van der Waals surface area (Å²) < 4.78 is 2.88. The summed E-state index contributed by atoms with van der Waals surface area (Å²) in [5, 5.41) is 2.13. The second kappa shape index (κ2) is 5.64. The Morgan fingerprint density at radius 1 is 0.857 bits per heavy atom. The minimum absolute atomic E-state index is 0.0133. The molecular weight excluding hydrogens is 352 g/mol. The second-order valence-electron chi connectivity index (χ2n) is 8.48. The third kappa shape index (κ3) is 2.35. The largest absolute Gasteiger partial charge is 0.294 e. The Morgan fingerprint density at radius 2 is 1.57 bits per heavy atom. The molecule has 2 heterocycles. The molecule has 28 heavy (non-hydrogen) atoms. The van der Waals surface area contributed by atoms with Crippen LogP contribution in [-0.4, -0.2) is 15.1 Å². The average molecular weight is 372 g/mol. The molecule has 0 saturated carbocycles. The van der Waals surface area contributed by atoms with Gasteiger partial charge in [0.2, 0.25) is 0 Å². The maximum absolute atomic E-state index is 13.1. The van der Waals surface area contributed by atoms with Crippen molar-refractivity contribution in [1.82, 2.24) is 9.36 Å². The van der Waals surface area contributed by atoms with Gasteiger partial charge in [-0.3, -0.25) is 14.4 Å². The Kier molecular flexibility index (Phi) is 3.41. The molecule has 0 spiro atoms. The Morgan fingerprint density at radius 3 is 2.36 bits per heavy atom. The number of carbonyl (C=O) groups excluding carboxylic acids is 1. The Bertz CT molecular complexity index is 1310. The molecule has 0 bridgehead atoms. The molecule has 5 heteroatoms. The number of benzene rings is 2. The number of aromatic nitrogens is 2. The van der Waals surface area contributed by atoms with Crippen LogP contribution >= 0.6 is 0 Å². The van der Waals surface area contributed by atoms with E-state index in [-0.39, 0.29) is 22.3 Å². The van der Waals surface area contributed by atoms with E-state index in [2.05, 4.69) is 0 Å². The highest BCUT2D eigenvalue weighted by Crippen LogP contribution is 2.46. The van der Waals surface area contributed by atoms with E-state index < -0.39 is 6.04 Å². The first-order valence-electron chi connectivity index (χ1n) is 9.46. The molecule has 3 aromatic rings. The van der Waals surface area contributed by atoms with Gasteiger partial charge in [-0.15, -0.1) is 0 Å². The first-order chi connectivity index (χ1) is 13.4. The molecule has 1 atom stereocenters. The van der Waals surface area contributed by atoms with E-state index in [0.717, 1.165) is 16.3 Å². The van der Waals surface area contributed by atoms with Gasteiger partial charge in [-0.05, 0) is 34.2 Å². The lowest BCUT2D eigenvalue weighted by Gasteiger charge is -2.30. The number of nitrogens with zero attached hydrogens (tertiary/aromatic N) is 2. The number of fused-ring (bicyclic) bond motifs is 3. The molecule has 0 saturated heterocycles. The van der Waals surface area contributed by atoms with Crippen LogP contribution in [0, 0.1) is 5.41 Å². The van der Waals surface area contributed by atoms with Crippen LogP contribution in [0.25, 0.3) is 16.5 Å². The topological polar surface area (TPSA) is 61.1 Å². The Balaban J connectivity index is 1.83. The zero-order chi connectivity index (χ0) is 19.6. The summed E-state index contributed by atoms with van der Waals surface area (Å²) in [5.74, 6) is 0.0133. The third-order valence-corrected chi connectivity index (χ3v) is 5.78. The summed E-state index contributed by atoms with van der Waals surface area (Å²) in [7, 11) is 0. The van der Waals surface area contributed by atoms with Gasteiger partial charge in [0.1, 0.15) is 6.04 Å². The SMILES string of the molecule is CC1(C)CC(=O)C2=C(C1)n1c(=O)ccc(=O)n1C2c1ccc2ccccc2c1. The fraction of sp³-hybridized carbons (Fsp3) is 0.261. The van der Waals surface area contributed by atoms with E-state index in [1.807, 2.05) is 56.3 Å². The van der Waals surface area contributed by atoms with Crippen molar-refractivity contribution in [3.63, 3.8) is 0 Å². The van der Waals surface area contributed by atoms with E-state index >= 15 is 0 Å². The highest BCUT2D eigenvalue weighted by Gasteiger charge is 2.44. The monoisotopic (exact) mass is 372 g/mol. The third-order valence-electron chi connectivity index (χ3n) is 5.78. The smallest absolute Gasteiger partial charge is 0.269 e. The van der Waals surface area contributed by atoms with Crippen molar-refractivity contribution in [3.05, 3.63) is 86.4 Å². The standard InChI is InChI=1S/C23H20N2O3/c1-23(2)12-17-21(18(26)13-23)22(25-20(28)10-9-19(27)24(17)25)16-8-7-14-5-3-4-6-15(14)11-16/h3-11,22H,12-13H2,1-2H3. The van der Waals surface area contributed by atoms with Gasteiger partial charge in [0.05, 0.1) is 5.70 Å². The van der Waals surface area contributed by atoms with Gasteiger partial charge in [-0.1, -0.05) is 50.2 Å². The van der Waals surface area contributed by atoms with E-state index in [4.69, 9.17) is 0 Å². The van der Waals surface area contributed by atoms with E-state index in [9.17, 15) is 14.4 Å². The molecule has 5 nitrogen and oxygen atoms in total. The molecule has 1 aliphatic heterocycles. The van der Waals surface area contributed by atoms with Crippen LogP contribution in [0.5, 0.6) is 0 Å². The van der Waals surface area contributed by atoms with Gasteiger partial charge >= 0.3 is 0 Å². The highest BCUT2D eigenvalue weighted by atomic mass is 16.2. The van der Waals surface area contributed by atoms with Crippen molar-refractivity contribution in [1.29, 1.82) is 0 Å². The molecule has 0 amide bonds.